The summed E-state index contributed by atoms with van der Waals surface area (Å²) in [5, 5.41) is 9.05. The van der Waals surface area contributed by atoms with Crippen molar-refractivity contribution in [3.63, 3.8) is 0 Å². The maximum atomic E-state index is 11.7. The Morgan fingerprint density at radius 3 is 2.38 bits per heavy atom. The van der Waals surface area contributed by atoms with E-state index in [0.29, 0.717) is 19.1 Å². The second kappa shape index (κ2) is 6.86. The van der Waals surface area contributed by atoms with E-state index in [1.54, 1.807) is 19.0 Å². The molecule has 94 valence electrons. The normalized spacial score (nSPS) is 17.8. The van der Waals surface area contributed by atoms with Crippen molar-refractivity contribution < 1.29 is 9.90 Å². The van der Waals surface area contributed by atoms with Gasteiger partial charge in [-0.3, -0.25) is 9.69 Å². The van der Waals surface area contributed by atoms with Crippen LogP contribution < -0.4 is 0 Å². The van der Waals surface area contributed by atoms with Crippen molar-refractivity contribution >= 4 is 5.91 Å². The second-order valence-corrected chi connectivity index (χ2v) is 4.77. The molecule has 0 aliphatic heterocycles. The minimum atomic E-state index is 0.124. The van der Waals surface area contributed by atoms with Crippen LogP contribution in [0.3, 0.4) is 0 Å². The molecule has 0 spiro atoms. The maximum Gasteiger partial charge on any atom is 0.236 e. The molecule has 0 atom stereocenters. The molecule has 1 aliphatic carbocycles. The molecule has 0 unspecified atom stereocenters. The third-order valence-electron chi connectivity index (χ3n) is 3.32. The van der Waals surface area contributed by atoms with Crippen LogP contribution in [-0.2, 0) is 4.79 Å². The van der Waals surface area contributed by atoms with Crippen molar-refractivity contribution in [2.45, 2.75) is 38.1 Å². The SMILES string of the molecule is CN(C)C(=O)CN(CCO)C1CCCCC1. The number of aliphatic hydroxyl groups is 1. The van der Waals surface area contributed by atoms with Crippen molar-refractivity contribution in [2.24, 2.45) is 0 Å². The van der Waals surface area contributed by atoms with Gasteiger partial charge in [0.25, 0.3) is 0 Å². The molecule has 0 aromatic heterocycles. The van der Waals surface area contributed by atoms with E-state index in [1.165, 1.54) is 32.1 Å². The Bertz CT molecular complexity index is 213. The van der Waals surface area contributed by atoms with Crippen LogP contribution in [0, 0.1) is 0 Å². The summed E-state index contributed by atoms with van der Waals surface area (Å²) in [5.74, 6) is 0.124. The number of carbonyl (C=O) groups is 1. The first-order chi connectivity index (χ1) is 7.65. The predicted molar refractivity (Wildman–Crippen MR) is 64.2 cm³/mol. The highest BCUT2D eigenvalue weighted by Crippen LogP contribution is 2.22. The Balaban J connectivity index is 2.48. The van der Waals surface area contributed by atoms with Gasteiger partial charge in [-0.1, -0.05) is 19.3 Å². The monoisotopic (exact) mass is 228 g/mol. The first-order valence-electron chi connectivity index (χ1n) is 6.20. The molecule has 0 aromatic rings. The van der Waals surface area contributed by atoms with Crippen LogP contribution in [0.25, 0.3) is 0 Å². The van der Waals surface area contributed by atoms with Gasteiger partial charge in [0.2, 0.25) is 5.91 Å². The standard InChI is InChI=1S/C12H24N2O2/c1-13(2)12(16)10-14(8-9-15)11-6-4-3-5-7-11/h11,15H,3-10H2,1-2H3. The third-order valence-corrected chi connectivity index (χ3v) is 3.32. The van der Waals surface area contributed by atoms with Crippen molar-refractivity contribution in [1.29, 1.82) is 0 Å². The van der Waals surface area contributed by atoms with E-state index in [9.17, 15) is 4.79 Å². The minimum Gasteiger partial charge on any atom is -0.395 e. The molecule has 0 saturated heterocycles. The number of hydrogen-bond acceptors (Lipinski definition) is 3. The van der Waals surface area contributed by atoms with E-state index >= 15 is 0 Å². The fourth-order valence-corrected chi connectivity index (χ4v) is 2.28. The lowest BCUT2D eigenvalue weighted by Crippen LogP contribution is -2.44. The minimum absolute atomic E-state index is 0.124. The molecular formula is C12H24N2O2. The van der Waals surface area contributed by atoms with E-state index in [1.807, 2.05) is 0 Å². The summed E-state index contributed by atoms with van der Waals surface area (Å²) in [6.45, 7) is 1.19. The van der Waals surface area contributed by atoms with Crippen molar-refractivity contribution in [1.82, 2.24) is 9.80 Å². The van der Waals surface area contributed by atoms with Crippen molar-refractivity contribution in [2.75, 3.05) is 33.8 Å². The van der Waals surface area contributed by atoms with Gasteiger partial charge < -0.3 is 10.0 Å². The molecule has 0 aromatic carbocycles. The molecule has 1 amide bonds. The summed E-state index contributed by atoms with van der Waals surface area (Å²) >= 11 is 0. The fraction of sp³-hybridized carbons (Fsp3) is 0.917. The van der Waals surface area contributed by atoms with E-state index < -0.39 is 0 Å². The van der Waals surface area contributed by atoms with Gasteiger partial charge in [0.15, 0.2) is 0 Å². The molecule has 1 fully saturated rings. The first kappa shape index (κ1) is 13.5. The van der Waals surface area contributed by atoms with Gasteiger partial charge in [-0.05, 0) is 12.8 Å². The summed E-state index contributed by atoms with van der Waals surface area (Å²) in [6.07, 6.45) is 6.15. The maximum absolute atomic E-state index is 11.7. The zero-order valence-electron chi connectivity index (χ0n) is 10.5. The van der Waals surface area contributed by atoms with Gasteiger partial charge in [0.1, 0.15) is 0 Å². The number of hydrogen-bond donors (Lipinski definition) is 1. The Morgan fingerprint density at radius 1 is 1.25 bits per heavy atom. The molecule has 16 heavy (non-hydrogen) atoms. The van der Waals surface area contributed by atoms with Crippen LogP contribution in [0.4, 0.5) is 0 Å². The van der Waals surface area contributed by atoms with Crippen LogP contribution in [0.15, 0.2) is 0 Å². The van der Waals surface area contributed by atoms with Gasteiger partial charge in [-0.25, -0.2) is 0 Å². The number of rotatable bonds is 5. The summed E-state index contributed by atoms with van der Waals surface area (Å²) in [6, 6.07) is 0.491. The summed E-state index contributed by atoms with van der Waals surface area (Å²) in [4.78, 5) is 15.4. The Labute approximate surface area is 98.2 Å². The molecule has 4 nitrogen and oxygen atoms in total. The van der Waals surface area contributed by atoms with E-state index in [0.717, 1.165) is 0 Å². The largest absolute Gasteiger partial charge is 0.395 e. The summed E-state index contributed by atoms with van der Waals surface area (Å²) < 4.78 is 0. The molecule has 1 aliphatic rings. The number of amides is 1. The van der Waals surface area contributed by atoms with Gasteiger partial charge >= 0.3 is 0 Å². The first-order valence-corrected chi connectivity index (χ1v) is 6.20. The highest BCUT2D eigenvalue weighted by atomic mass is 16.3. The number of carbonyl (C=O) groups excluding carboxylic acids is 1. The molecule has 1 N–H and O–H groups in total. The van der Waals surface area contributed by atoms with E-state index in [4.69, 9.17) is 5.11 Å². The van der Waals surface area contributed by atoms with Crippen molar-refractivity contribution in [3.05, 3.63) is 0 Å². The smallest absolute Gasteiger partial charge is 0.236 e. The van der Waals surface area contributed by atoms with Crippen LogP contribution >= 0.6 is 0 Å². The van der Waals surface area contributed by atoms with Gasteiger partial charge in [0.05, 0.1) is 13.2 Å². The van der Waals surface area contributed by atoms with Crippen molar-refractivity contribution in [3.8, 4) is 0 Å². The molecule has 4 heteroatoms. The zero-order chi connectivity index (χ0) is 12.0. The Morgan fingerprint density at radius 2 is 1.88 bits per heavy atom. The molecule has 1 rings (SSSR count). The van der Waals surface area contributed by atoms with Gasteiger partial charge in [0, 0.05) is 26.7 Å². The highest BCUT2D eigenvalue weighted by Gasteiger charge is 2.22. The fourth-order valence-electron chi connectivity index (χ4n) is 2.28. The predicted octanol–water partition coefficient (Wildman–Crippen LogP) is 0.702. The van der Waals surface area contributed by atoms with Gasteiger partial charge in [-0.2, -0.15) is 0 Å². The molecule has 0 bridgehead atoms. The summed E-state index contributed by atoms with van der Waals surface area (Å²) in [7, 11) is 3.56. The third kappa shape index (κ3) is 4.10. The average Bonchev–Trinajstić information content (AvgIpc) is 2.29. The van der Waals surface area contributed by atoms with Crippen LogP contribution in [0.2, 0.25) is 0 Å². The lowest BCUT2D eigenvalue weighted by Gasteiger charge is -2.34. The molecule has 0 heterocycles. The number of likely N-dealkylation sites (N-methyl/N-ethyl adjacent to an activating group) is 1. The lowest BCUT2D eigenvalue weighted by atomic mass is 9.94. The lowest BCUT2D eigenvalue weighted by molar-refractivity contribution is -0.130. The van der Waals surface area contributed by atoms with Crippen LogP contribution in [0.5, 0.6) is 0 Å². The molecule has 1 saturated carbocycles. The summed E-state index contributed by atoms with van der Waals surface area (Å²) in [5.41, 5.74) is 0. The van der Waals surface area contributed by atoms with Crippen LogP contribution in [0.1, 0.15) is 32.1 Å². The molecule has 0 radical (unpaired) electrons. The number of aliphatic hydroxyl groups excluding tert-OH is 1. The second-order valence-electron chi connectivity index (χ2n) is 4.77. The van der Waals surface area contributed by atoms with Crippen LogP contribution in [-0.4, -0.2) is 60.6 Å². The van der Waals surface area contributed by atoms with Gasteiger partial charge in [-0.15, -0.1) is 0 Å². The average molecular weight is 228 g/mol. The van der Waals surface area contributed by atoms with E-state index in [2.05, 4.69) is 4.90 Å². The Hall–Kier alpha value is -0.610. The highest BCUT2D eigenvalue weighted by molar-refractivity contribution is 5.77. The Kier molecular flexibility index (Phi) is 5.77. The zero-order valence-corrected chi connectivity index (χ0v) is 10.5. The quantitative estimate of drug-likeness (QED) is 0.753. The number of nitrogens with zero attached hydrogens (tertiary/aromatic N) is 2. The van der Waals surface area contributed by atoms with E-state index in [-0.39, 0.29) is 12.5 Å². The molecular weight excluding hydrogens is 204 g/mol. The topological polar surface area (TPSA) is 43.8 Å².